The van der Waals surface area contributed by atoms with Crippen molar-refractivity contribution < 1.29 is 9.90 Å². The molecule has 4 heteroatoms. The third kappa shape index (κ3) is 2.32. The van der Waals surface area contributed by atoms with Crippen LogP contribution in [0.15, 0.2) is 12.4 Å². The van der Waals surface area contributed by atoms with Crippen LogP contribution in [-0.4, -0.2) is 27.5 Å². The molecule has 0 radical (unpaired) electrons. The lowest BCUT2D eigenvalue weighted by Crippen LogP contribution is -2.18. The monoisotopic (exact) mass is 180 g/mol. The number of rotatable bonds is 3. The van der Waals surface area contributed by atoms with E-state index in [1.54, 1.807) is 19.3 Å². The molecule has 0 aliphatic carbocycles. The van der Waals surface area contributed by atoms with E-state index in [4.69, 9.17) is 0 Å². The van der Waals surface area contributed by atoms with Gasteiger partial charge in [0, 0.05) is 12.4 Å². The third-order valence-electron chi connectivity index (χ3n) is 1.77. The SMILES string of the molecule is Cc1cnc(C(C=O)C(C)O)nc1. The fourth-order valence-corrected chi connectivity index (χ4v) is 0.965. The lowest BCUT2D eigenvalue weighted by molar-refractivity contribution is -0.111. The molecule has 0 aliphatic heterocycles. The van der Waals surface area contributed by atoms with E-state index in [9.17, 15) is 9.90 Å². The second-order valence-electron chi connectivity index (χ2n) is 3.02. The van der Waals surface area contributed by atoms with Crippen LogP contribution in [-0.2, 0) is 4.79 Å². The lowest BCUT2D eigenvalue weighted by atomic mass is 10.1. The second-order valence-corrected chi connectivity index (χ2v) is 3.02. The van der Waals surface area contributed by atoms with Crippen LogP contribution in [0, 0.1) is 6.92 Å². The Morgan fingerprint density at radius 3 is 2.38 bits per heavy atom. The number of aromatic nitrogens is 2. The molecule has 2 unspecified atom stereocenters. The van der Waals surface area contributed by atoms with Gasteiger partial charge in [-0.1, -0.05) is 0 Å². The van der Waals surface area contributed by atoms with E-state index in [1.165, 1.54) is 0 Å². The van der Waals surface area contributed by atoms with E-state index in [-0.39, 0.29) is 0 Å². The number of aryl methyl sites for hydroxylation is 1. The summed E-state index contributed by atoms with van der Waals surface area (Å²) in [5.74, 6) is -0.254. The van der Waals surface area contributed by atoms with Crippen molar-refractivity contribution in [2.24, 2.45) is 0 Å². The maximum Gasteiger partial charge on any atom is 0.140 e. The first kappa shape index (κ1) is 9.80. The molecule has 0 saturated carbocycles. The highest BCUT2D eigenvalue weighted by molar-refractivity contribution is 5.60. The Balaban J connectivity index is 2.92. The summed E-state index contributed by atoms with van der Waals surface area (Å²) in [6, 6.07) is 0. The number of nitrogens with zero attached hydrogens (tertiary/aromatic N) is 2. The van der Waals surface area contributed by atoms with Gasteiger partial charge in [-0.25, -0.2) is 9.97 Å². The second kappa shape index (κ2) is 4.09. The largest absolute Gasteiger partial charge is 0.392 e. The van der Waals surface area contributed by atoms with Crippen LogP contribution >= 0.6 is 0 Å². The average molecular weight is 180 g/mol. The molecule has 2 atom stereocenters. The lowest BCUT2D eigenvalue weighted by Gasteiger charge is -2.10. The van der Waals surface area contributed by atoms with Crippen LogP contribution in [0.2, 0.25) is 0 Å². The Morgan fingerprint density at radius 2 is 2.00 bits per heavy atom. The fraction of sp³-hybridized carbons (Fsp3) is 0.444. The molecule has 0 aliphatic rings. The smallest absolute Gasteiger partial charge is 0.140 e. The van der Waals surface area contributed by atoms with Crippen LogP contribution in [0.25, 0.3) is 0 Å². The van der Waals surface area contributed by atoms with Gasteiger partial charge in [0.05, 0.1) is 6.10 Å². The topological polar surface area (TPSA) is 63.1 Å². The summed E-state index contributed by atoms with van der Waals surface area (Å²) in [5.41, 5.74) is 0.930. The Bertz CT molecular complexity index is 282. The molecule has 0 amide bonds. The van der Waals surface area contributed by atoms with Gasteiger partial charge in [0.2, 0.25) is 0 Å². The number of aliphatic hydroxyl groups excluding tert-OH is 1. The number of aliphatic hydroxyl groups is 1. The van der Waals surface area contributed by atoms with E-state index < -0.39 is 12.0 Å². The van der Waals surface area contributed by atoms with Gasteiger partial charge >= 0.3 is 0 Å². The Labute approximate surface area is 76.7 Å². The molecule has 0 aromatic carbocycles. The summed E-state index contributed by atoms with van der Waals surface area (Å²) in [6.07, 6.45) is 3.16. The average Bonchev–Trinajstić information content (AvgIpc) is 2.09. The maximum absolute atomic E-state index is 10.6. The van der Waals surface area contributed by atoms with Crippen LogP contribution in [0.5, 0.6) is 0 Å². The summed E-state index contributed by atoms with van der Waals surface area (Å²) in [6.45, 7) is 3.41. The maximum atomic E-state index is 10.6. The van der Waals surface area contributed by atoms with Gasteiger partial charge in [0.25, 0.3) is 0 Å². The molecule has 70 valence electrons. The summed E-state index contributed by atoms with van der Waals surface area (Å²) >= 11 is 0. The molecule has 13 heavy (non-hydrogen) atoms. The van der Waals surface area contributed by atoms with Crippen molar-refractivity contribution >= 4 is 6.29 Å². The normalized spacial score (nSPS) is 15.0. The van der Waals surface area contributed by atoms with Crippen molar-refractivity contribution in [3.8, 4) is 0 Å². The Hall–Kier alpha value is -1.29. The summed E-state index contributed by atoms with van der Waals surface area (Å²) < 4.78 is 0. The Kier molecular flexibility index (Phi) is 3.08. The van der Waals surface area contributed by atoms with Crippen LogP contribution in [0.1, 0.15) is 24.2 Å². The zero-order valence-electron chi connectivity index (χ0n) is 7.64. The van der Waals surface area contributed by atoms with Crippen molar-refractivity contribution in [3.63, 3.8) is 0 Å². The van der Waals surface area contributed by atoms with Crippen LogP contribution in [0.4, 0.5) is 0 Å². The molecule has 0 spiro atoms. The molecule has 1 aromatic heterocycles. The van der Waals surface area contributed by atoms with Gasteiger partial charge in [-0.3, -0.25) is 0 Å². The van der Waals surface area contributed by atoms with Crippen molar-refractivity contribution in [3.05, 3.63) is 23.8 Å². The van der Waals surface area contributed by atoms with E-state index in [1.807, 2.05) is 6.92 Å². The number of hydrogen-bond donors (Lipinski definition) is 1. The quantitative estimate of drug-likeness (QED) is 0.686. The predicted molar refractivity (Wildman–Crippen MR) is 47.3 cm³/mol. The number of carbonyl (C=O) groups is 1. The molecule has 1 N–H and O–H groups in total. The number of hydrogen-bond acceptors (Lipinski definition) is 4. The summed E-state index contributed by atoms with van der Waals surface area (Å²) in [5, 5.41) is 9.22. The first-order chi connectivity index (χ1) is 6.15. The van der Waals surface area contributed by atoms with Gasteiger partial charge in [0.1, 0.15) is 18.0 Å². The number of aldehydes is 1. The first-order valence-electron chi connectivity index (χ1n) is 4.07. The molecule has 1 aromatic rings. The minimum Gasteiger partial charge on any atom is -0.392 e. The minimum absolute atomic E-state index is 0.371. The standard InChI is InChI=1S/C9H12N2O2/c1-6-3-10-9(11-4-6)8(5-12)7(2)13/h3-5,7-8,13H,1-2H3. The number of carbonyl (C=O) groups excluding carboxylic acids is 1. The molecule has 0 fully saturated rings. The zero-order valence-corrected chi connectivity index (χ0v) is 7.64. The molecule has 4 nitrogen and oxygen atoms in total. The van der Waals surface area contributed by atoms with Gasteiger partial charge < -0.3 is 9.90 Å². The summed E-state index contributed by atoms with van der Waals surface area (Å²) in [4.78, 5) is 18.5. The van der Waals surface area contributed by atoms with Gasteiger partial charge in [0.15, 0.2) is 0 Å². The van der Waals surface area contributed by atoms with E-state index >= 15 is 0 Å². The van der Waals surface area contributed by atoms with E-state index in [2.05, 4.69) is 9.97 Å². The highest BCUT2D eigenvalue weighted by Gasteiger charge is 2.18. The first-order valence-corrected chi connectivity index (χ1v) is 4.07. The third-order valence-corrected chi connectivity index (χ3v) is 1.77. The van der Waals surface area contributed by atoms with Crippen LogP contribution < -0.4 is 0 Å². The molecule has 0 bridgehead atoms. The highest BCUT2D eigenvalue weighted by Crippen LogP contribution is 2.12. The van der Waals surface area contributed by atoms with Crippen molar-refractivity contribution in [2.45, 2.75) is 25.9 Å². The van der Waals surface area contributed by atoms with Gasteiger partial charge in [-0.2, -0.15) is 0 Å². The van der Waals surface area contributed by atoms with Gasteiger partial charge in [-0.05, 0) is 19.4 Å². The molecule has 1 heterocycles. The Morgan fingerprint density at radius 1 is 1.46 bits per heavy atom. The predicted octanol–water partition coefficient (Wildman–Crippen LogP) is 0.448. The fourth-order valence-electron chi connectivity index (χ4n) is 0.965. The highest BCUT2D eigenvalue weighted by atomic mass is 16.3. The molecule has 0 saturated heterocycles. The van der Waals surface area contributed by atoms with Crippen molar-refractivity contribution in [2.75, 3.05) is 0 Å². The summed E-state index contributed by atoms with van der Waals surface area (Å²) in [7, 11) is 0. The molecule has 1 rings (SSSR count). The van der Waals surface area contributed by atoms with Crippen LogP contribution in [0.3, 0.4) is 0 Å². The van der Waals surface area contributed by atoms with E-state index in [0.717, 1.165) is 5.56 Å². The minimum atomic E-state index is -0.750. The van der Waals surface area contributed by atoms with Gasteiger partial charge in [-0.15, -0.1) is 0 Å². The zero-order chi connectivity index (χ0) is 9.84. The molecular weight excluding hydrogens is 168 g/mol. The van der Waals surface area contributed by atoms with Crippen molar-refractivity contribution in [1.82, 2.24) is 9.97 Å². The van der Waals surface area contributed by atoms with E-state index in [0.29, 0.717) is 12.1 Å². The molecular formula is C9H12N2O2. The van der Waals surface area contributed by atoms with Crippen molar-refractivity contribution in [1.29, 1.82) is 0 Å².